The summed E-state index contributed by atoms with van der Waals surface area (Å²) in [7, 11) is 0. The van der Waals surface area contributed by atoms with Crippen LogP contribution in [0.5, 0.6) is 0 Å². The SMILES string of the molecule is CCNC(=NCC(C)N1CCOCC1C)N1CCC(CN(CC)CC)C1. The summed E-state index contributed by atoms with van der Waals surface area (Å²) in [5.74, 6) is 1.86. The van der Waals surface area contributed by atoms with E-state index in [4.69, 9.17) is 9.73 Å². The first-order chi connectivity index (χ1) is 12.6. The minimum Gasteiger partial charge on any atom is -0.379 e. The van der Waals surface area contributed by atoms with Crippen molar-refractivity contribution in [2.75, 3.05) is 65.6 Å². The Bertz CT molecular complexity index is 426. The molecular formula is C20H41N5O. The fourth-order valence-electron chi connectivity index (χ4n) is 4.17. The first kappa shape index (κ1) is 21.5. The molecule has 2 saturated heterocycles. The number of guanidine groups is 1. The van der Waals surface area contributed by atoms with Gasteiger partial charge in [-0.2, -0.15) is 0 Å². The van der Waals surface area contributed by atoms with Crippen LogP contribution in [0.15, 0.2) is 4.99 Å². The predicted molar refractivity (Wildman–Crippen MR) is 110 cm³/mol. The van der Waals surface area contributed by atoms with Gasteiger partial charge in [0, 0.05) is 44.8 Å². The average Bonchev–Trinajstić information content (AvgIpc) is 3.11. The van der Waals surface area contributed by atoms with Crippen molar-refractivity contribution >= 4 is 5.96 Å². The minimum atomic E-state index is 0.455. The molecule has 26 heavy (non-hydrogen) atoms. The third-order valence-corrected chi connectivity index (χ3v) is 5.82. The van der Waals surface area contributed by atoms with E-state index in [1.54, 1.807) is 0 Å². The second kappa shape index (κ2) is 11.1. The van der Waals surface area contributed by atoms with Crippen molar-refractivity contribution in [2.45, 2.75) is 53.1 Å². The number of ether oxygens (including phenoxy) is 1. The van der Waals surface area contributed by atoms with Gasteiger partial charge in [-0.25, -0.2) is 0 Å². The van der Waals surface area contributed by atoms with Crippen LogP contribution in [0.4, 0.5) is 0 Å². The van der Waals surface area contributed by atoms with Crippen LogP contribution in [0.2, 0.25) is 0 Å². The molecule has 2 fully saturated rings. The Balaban J connectivity index is 1.90. The van der Waals surface area contributed by atoms with E-state index in [-0.39, 0.29) is 0 Å². The van der Waals surface area contributed by atoms with Crippen LogP contribution in [0.25, 0.3) is 0 Å². The number of rotatable bonds is 8. The molecule has 1 N–H and O–H groups in total. The van der Waals surface area contributed by atoms with Gasteiger partial charge in [-0.15, -0.1) is 0 Å². The quantitative estimate of drug-likeness (QED) is 0.523. The fourth-order valence-corrected chi connectivity index (χ4v) is 4.17. The lowest BCUT2D eigenvalue weighted by molar-refractivity contribution is -0.0166. The van der Waals surface area contributed by atoms with Crippen LogP contribution >= 0.6 is 0 Å². The molecule has 0 saturated carbocycles. The summed E-state index contributed by atoms with van der Waals surface area (Å²) in [5, 5.41) is 3.52. The highest BCUT2D eigenvalue weighted by Crippen LogP contribution is 2.18. The van der Waals surface area contributed by atoms with E-state index in [9.17, 15) is 0 Å². The summed E-state index contributed by atoms with van der Waals surface area (Å²) in [5.41, 5.74) is 0. The Labute approximate surface area is 160 Å². The van der Waals surface area contributed by atoms with Gasteiger partial charge in [-0.1, -0.05) is 13.8 Å². The summed E-state index contributed by atoms with van der Waals surface area (Å²) in [6.45, 7) is 21.5. The number of hydrogen-bond donors (Lipinski definition) is 1. The highest BCUT2D eigenvalue weighted by atomic mass is 16.5. The zero-order valence-corrected chi connectivity index (χ0v) is 17.7. The van der Waals surface area contributed by atoms with Gasteiger partial charge in [0.2, 0.25) is 0 Å². The number of nitrogens with zero attached hydrogens (tertiary/aromatic N) is 4. The zero-order valence-electron chi connectivity index (χ0n) is 17.7. The summed E-state index contributed by atoms with van der Waals surface area (Å²) in [6, 6.07) is 0.943. The highest BCUT2D eigenvalue weighted by Gasteiger charge is 2.27. The summed E-state index contributed by atoms with van der Waals surface area (Å²) < 4.78 is 5.57. The number of hydrogen-bond acceptors (Lipinski definition) is 4. The van der Waals surface area contributed by atoms with Gasteiger partial charge in [-0.3, -0.25) is 9.89 Å². The summed E-state index contributed by atoms with van der Waals surface area (Å²) >= 11 is 0. The molecule has 6 nitrogen and oxygen atoms in total. The molecule has 2 rings (SSSR count). The molecule has 0 amide bonds. The molecular weight excluding hydrogens is 326 g/mol. The Morgan fingerprint density at radius 3 is 2.69 bits per heavy atom. The first-order valence-electron chi connectivity index (χ1n) is 10.7. The number of likely N-dealkylation sites (tertiary alicyclic amines) is 1. The lowest BCUT2D eigenvalue weighted by Crippen LogP contribution is -2.49. The van der Waals surface area contributed by atoms with E-state index in [2.05, 4.69) is 54.6 Å². The van der Waals surface area contributed by atoms with E-state index in [1.165, 1.54) is 13.0 Å². The average molecular weight is 368 g/mol. The molecule has 152 valence electrons. The van der Waals surface area contributed by atoms with Crippen LogP contribution in [-0.2, 0) is 4.74 Å². The molecule has 0 aromatic rings. The largest absolute Gasteiger partial charge is 0.379 e. The van der Waals surface area contributed by atoms with Crippen LogP contribution in [0.3, 0.4) is 0 Å². The molecule has 0 aromatic heterocycles. The summed E-state index contributed by atoms with van der Waals surface area (Å²) in [4.78, 5) is 12.5. The van der Waals surface area contributed by atoms with Crippen molar-refractivity contribution in [1.82, 2.24) is 20.0 Å². The normalized spacial score (nSPS) is 26.5. The van der Waals surface area contributed by atoms with Gasteiger partial charge in [0.1, 0.15) is 0 Å². The fraction of sp³-hybridized carbons (Fsp3) is 0.950. The third-order valence-electron chi connectivity index (χ3n) is 5.82. The van der Waals surface area contributed by atoms with Crippen LogP contribution in [0, 0.1) is 5.92 Å². The topological polar surface area (TPSA) is 43.3 Å². The molecule has 3 atom stereocenters. The Kier molecular flexibility index (Phi) is 9.16. The molecule has 0 radical (unpaired) electrons. The van der Waals surface area contributed by atoms with Crippen LogP contribution < -0.4 is 5.32 Å². The molecule has 0 aromatic carbocycles. The van der Waals surface area contributed by atoms with Gasteiger partial charge in [0.05, 0.1) is 19.8 Å². The monoisotopic (exact) mass is 367 g/mol. The third kappa shape index (κ3) is 6.10. The molecule has 3 unspecified atom stereocenters. The highest BCUT2D eigenvalue weighted by molar-refractivity contribution is 5.80. The van der Waals surface area contributed by atoms with Gasteiger partial charge >= 0.3 is 0 Å². The Morgan fingerprint density at radius 1 is 1.27 bits per heavy atom. The number of nitrogens with one attached hydrogen (secondary N) is 1. The van der Waals surface area contributed by atoms with E-state index < -0.39 is 0 Å². The van der Waals surface area contributed by atoms with Gasteiger partial charge in [0.15, 0.2) is 5.96 Å². The van der Waals surface area contributed by atoms with Crippen molar-refractivity contribution < 1.29 is 4.74 Å². The van der Waals surface area contributed by atoms with Crippen LogP contribution in [-0.4, -0.2) is 98.3 Å². The Morgan fingerprint density at radius 2 is 2.04 bits per heavy atom. The van der Waals surface area contributed by atoms with E-state index in [0.717, 1.165) is 70.9 Å². The van der Waals surface area contributed by atoms with Gasteiger partial charge in [0.25, 0.3) is 0 Å². The standard InChI is InChI=1S/C20H41N5O/c1-6-21-20(22-13-17(4)25-11-12-26-16-18(25)5)24-10-9-19(15-24)14-23(7-2)8-3/h17-19H,6-16H2,1-5H3,(H,21,22). The van der Waals surface area contributed by atoms with Crippen molar-refractivity contribution in [3.63, 3.8) is 0 Å². The number of aliphatic imine (C=N–C) groups is 1. The van der Waals surface area contributed by atoms with Gasteiger partial charge < -0.3 is 19.9 Å². The predicted octanol–water partition coefficient (Wildman–Crippen LogP) is 1.72. The van der Waals surface area contributed by atoms with Crippen molar-refractivity contribution in [1.29, 1.82) is 0 Å². The van der Waals surface area contributed by atoms with Gasteiger partial charge in [-0.05, 0) is 46.2 Å². The maximum atomic E-state index is 5.57. The molecule has 0 aliphatic carbocycles. The maximum Gasteiger partial charge on any atom is 0.193 e. The smallest absolute Gasteiger partial charge is 0.193 e. The van der Waals surface area contributed by atoms with E-state index in [1.807, 2.05) is 0 Å². The summed E-state index contributed by atoms with van der Waals surface area (Å²) in [6.07, 6.45) is 1.27. The van der Waals surface area contributed by atoms with Crippen LogP contribution in [0.1, 0.15) is 41.0 Å². The second-order valence-electron chi connectivity index (χ2n) is 7.79. The maximum absolute atomic E-state index is 5.57. The molecule has 2 heterocycles. The van der Waals surface area contributed by atoms with E-state index >= 15 is 0 Å². The lowest BCUT2D eigenvalue weighted by atomic mass is 10.1. The molecule has 6 heteroatoms. The molecule has 2 aliphatic rings. The minimum absolute atomic E-state index is 0.455. The van der Waals surface area contributed by atoms with Crippen molar-refractivity contribution in [3.05, 3.63) is 0 Å². The van der Waals surface area contributed by atoms with E-state index in [0.29, 0.717) is 12.1 Å². The van der Waals surface area contributed by atoms with Crippen molar-refractivity contribution in [2.24, 2.45) is 10.9 Å². The molecule has 2 aliphatic heterocycles. The molecule has 0 spiro atoms. The second-order valence-corrected chi connectivity index (χ2v) is 7.79. The Hall–Kier alpha value is -0.850. The lowest BCUT2D eigenvalue weighted by Gasteiger charge is -2.37. The number of morpholine rings is 1. The first-order valence-corrected chi connectivity index (χ1v) is 10.7. The zero-order chi connectivity index (χ0) is 18.9. The molecule has 0 bridgehead atoms. The van der Waals surface area contributed by atoms with Crippen molar-refractivity contribution in [3.8, 4) is 0 Å².